The van der Waals surface area contributed by atoms with Crippen molar-refractivity contribution in [1.82, 2.24) is 20.0 Å². The summed E-state index contributed by atoms with van der Waals surface area (Å²) in [6.45, 7) is 4.43. The van der Waals surface area contributed by atoms with Crippen LogP contribution in [-0.2, 0) is 11.2 Å². The molecular weight excluding hydrogens is 340 g/mol. The van der Waals surface area contributed by atoms with E-state index in [0.717, 1.165) is 57.5 Å². The van der Waals surface area contributed by atoms with E-state index in [1.807, 2.05) is 30.3 Å². The first kappa shape index (κ1) is 18.2. The Morgan fingerprint density at radius 3 is 2.48 bits per heavy atom. The lowest BCUT2D eigenvalue weighted by Crippen LogP contribution is -2.50. The molecule has 2 aliphatic rings. The van der Waals surface area contributed by atoms with Crippen LogP contribution in [0.2, 0.25) is 0 Å². The van der Waals surface area contributed by atoms with Crippen LogP contribution >= 0.6 is 0 Å². The van der Waals surface area contributed by atoms with E-state index in [4.69, 9.17) is 4.42 Å². The molecular formula is C21H28N4O2. The maximum Gasteiger partial charge on any atom is 0.247 e. The van der Waals surface area contributed by atoms with Crippen LogP contribution in [0.15, 0.2) is 34.7 Å². The highest BCUT2D eigenvalue weighted by molar-refractivity contribution is 5.79. The predicted molar refractivity (Wildman–Crippen MR) is 103 cm³/mol. The molecule has 1 amide bonds. The molecule has 4 rings (SSSR count). The number of hydrogen-bond acceptors (Lipinski definition) is 5. The second kappa shape index (κ2) is 8.65. The Bertz CT molecular complexity index is 732. The lowest BCUT2D eigenvalue weighted by Gasteiger charge is -2.37. The van der Waals surface area contributed by atoms with Gasteiger partial charge in [-0.15, -0.1) is 10.2 Å². The molecule has 1 aromatic heterocycles. The van der Waals surface area contributed by atoms with Gasteiger partial charge < -0.3 is 9.32 Å². The van der Waals surface area contributed by atoms with E-state index >= 15 is 0 Å². The summed E-state index contributed by atoms with van der Waals surface area (Å²) in [5.41, 5.74) is 0.950. The largest absolute Gasteiger partial charge is 0.421 e. The minimum absolute atomic E-state index is 0.278. The van der Waals surface area contributed by atoms with Gasteiger partial charge in [-0.3, -0.25) is 9.69 Å². The maximum absolute atomic E-state index is 12.7. The number of piperazine rings is 1. The molecule has 144 valence electrons. The Morgan fingerprint density at radius 2 is 1.74 bits per heavy atom. The second-order valence-corrected chi connectivity index (χ2v) is 7.62. The van der Waals surface area contributed by atoms with Gasteiger partial charge in [0.25, 0.3) is 0 Å². The number of nitrogens with zero attached hydrogens (tertiary/aromatic N) is 4. The average molecular weight is 368 g/mol. The summed E-state index contributed by atoms with van der Waals surface area (Å²) in [6.07, 6.45) is 6.63. The van der Waals surface area contributed by atoms with E-state index in [2.05, 4.69) is 20.0 Å². The van der Waals surface area contributed by atoms with Crippen molar-refractivity contribution in [2.45, 2.75) is 38.5 Å². The van der Waals surface area contributed by atoms with Crippen LogP contribution in [0.3, 0.4) is 0 Å². The standard InChI is InChI=1S/C21H28N4O2/c26-21(18-9-5-2-6-10-18)25-15-13-24(14-16-25)12-11-19-22-23-20(27-19)17-7-3-1-4-8-17/h1,3-4,7-8,18H,2,5-6,9-16H2. The summed E-state index contributed by atoms with van der Waals surface area (Å²) >= 11 is 0. The van der Waals surface area contributed by atoms with Crippen LogP contribution < -0.4 is 0 Å². The molecule has 1 aliphatic heterocycles. The third-order valence-electron chi connectivity index (χ3n) is 5.77. The zero-order valence-corrected chi connectivity index (χ0v) is 15.8. The van der Waals surface area contributed by atoms with Crippen molar-refractivity contribution in [3.8, 4) is 11.5 Å². The molecule has 2 heterocycles. The fourth-order valence-electron chi connectivity index (χ4n) is 4.11. The molecule has 0 N–H and O–H groups in total. The van der Waals surface area contributed by atoms with Gasteiger partial charge in [-0.2, -0.15) is 0 Å². The van der Waals surface area contributed by atoms with Crippen LogP contribution in [0.4, 0.5) is 0 Å². The van der Waals surface area contributed by atoms with E-state index in [0.29, 0.717) is 17.7 Å². The molecule has 0 unspecified atom stereocenters. The van der Waals surface area contributed by atoms with Crippen LogP contribution in [0, 0.1) is 5.92 Å². The molecule has 6 heteroatoms. The van der Waals surface area contributed by atoms with Gasteiger partial charge in [-0.25, -0.2) is 0 Å². The van der Waals surface area contributed by atoms with Gasteiger partial charge in [0.2, 0.25) is 17.7 Å². The zero-order valence-electron chi connectivity index (χ0n) is 15.8. The molecule has 1 saturated carbocycles. The van der Waals surface area contributed by atoms with Crippen molar-refractivity contribution in [2.75, 3.05) is 32.7 Å². The lowest BCUT2D eigenvalue weighted by atomic mass is 9.88. The molecule has 2 fully saturated rings. The van der Waals surface area contributed by atoms with E-state index < -0.39 is 0 Å². The van der Waals surface area contributed by atoms with Crippen molar-refractivity contribution in [1.29, 1.82) is 0 Å². The number of hydrogen-bond donors (Lipinski definition) is 0. The predicted octanol–water partition coefficient (Wildman–Crippen LogP) is 3.00. The first-order chi connectivity index (χ1) is 13.3. The number of rotatable bonds is 5. The molecule has 1 aliphatic carbocycles. The maximum atomic E-state index is 12.7. The summed E-state index contributed by atoms with van der Waals surface area (Å²) in [5.74, 6) is 1.92. The molecule has 1 aromatic carbocycles. The SMILES string of the molecule is O=C(C1CCCCC1)N1CCN(CCc2nnc(-c3ccccc3)o2)CC1. The van der Waals surface area contributed by atoms with Gasteiger partial charge in [0.05, 0.1) is 0 Å². The van der Waals surface area contributed by atoms with Gasteiger partial charge in [0.15, 0.2) is 0 Å². The summed E-state index contributed by atoms with van der Waals surface area (Å²) < 4.78 is 5.79. The van der Waals surface area contributed by atoms with E-state index in [9.17, 15) is 4.79 Å². The molecule has 0 bridgehead atoms. The molecule has 1 saturated heterocycles. The zero-order chi connectivity index (χ0) is 18.5. The van der Waals surface area contributed by atoms with Crippen molar-refractivity contribution in [2.24, 2.45) is 5.92 Å². The molecule has 6 nitrogen and oxygen atoms in total. The molecule has 0 spiro atoms. The highest BCUT2D eigenvalue weighted by Crippen LogP contribution is 2.26. The lowest BCUT2D eigenvalue weighted by molar-refractivity contribution is -0.138. The van der Waals surface area contributed by atoms with Crippen molar-refractivity contribution < 1.29 is 9.21 Å². The molecule has 0 radical (unpaired) electrons. The monoisotopic (exact) mass is 368 g/mol. The molecule has 0 atom stereocenters. The third kappa shape index (κ3) is 4.56. The first-order valence-electron chi connectivity index (χ1n) is 10.2. The summed E-state index contributed by atoms with van der Waals surface area (Å²) in [6, 6.07) is 9.85. The number of carbonyl (C=O) groups is 1. The number of aromatic nitrogens is 2. The minimum atomic E-state index is 0.278. The highest BCUT2D eigenvalue weighted by atomic mass is 16.4. The van der Waals surface area contributed by atoms with E-state index in [1.165, 1.54) is 19.3 Å². The smallest absolute Gasteiger partial charge is 0.247 e. The summed E-state index contributed by atoms with van der Waals surface area (Å²) in [4.78, 5) is 17.1. The Hall–Kier alpha value is -2.21. The Kier molecular flexibility index (Phi) is 5.82. The summed E-state index contributed by atoms with van der Waals surface area (Å²) in [7, 11) is 0. The Morgan fingerprint density at radius 1 is 1.00 bits per heavy atom. The van der Waals surface area contributed by atoms with Crippen molar-refractivity contribution in [3.63, 3.8) is 0 Å². The normalized spacial score (nSPS) is 19.3. The minimum Gasteiger partial charge on any atom is -0.421 e. The van der Waals surface area contributed by atoms with Gasteiger partial charge in [-0.05, 0) is 25.0 Å². The van der Waals surface area contributed by atoms with Crippen LogP contribution in [-0.4, -0.2) is 58.6 Å². The first-order valence-corrected chi connectivity index (χ1v) is 10.2. The third-order valence-corrected chi connectivity index (χ3v) is 5.77. The quantitative estimate of drug-likeness (QED) is 0.812. The fourth-order valence-corrected chi connectivity index (χ4v) is 4.11. The van der Waals surface area contributed by atoms with Crippen LogP contribution in [0.25, 0.3) is 11.5 Å². The Labute approximate surface area is 160 Å². The number of carbonyl (C=O) groups excluding carboxylic acids is 1. The second-order valence-electron chi connectivity index (χ2n) is 7.62. The molecule has 27 heavy (non-hydrogen) atoms. The fraction of sp³-hybridized carbons (Fsp3) is 0.571. The topological polar surface area (TPSA) is 62.5 Å². The van der Waals surface area contributed by atoms with Gasteiger partial charge in [0.1, 0.15) is 0 Å². The summed E-state index contributed by atoms with van der Waals surface area (Å²) in [5, 5.41) is 8.32. The number of amides is 1. The average Bonchev–Trinajstić information content (AvgIpc) is 3.22. The van der Waals surface area contributed by atoms with Gasteiger partial charge in [0, 0.05) is 50.6 Å². The van der Waals surface area contributed by atoms with E-state index in [1.54, 1.807) is 0 Å². The van der Waals surface area contributed by atoms with Crippen molar-refractivity contribution in [3.05, 3.63) is 36.2 Å². The Balaban J connectivity index is 1.23. The number of benzene rings is 1. The van der Waals surface area contributed by atoms with Gasteiger partial charge in [-0.1, -0.05) is 37.5 Å². The van der Waals surface area contributed by atoms with Crippen LogP contribution in [0.1, 0.15) is 38.0 Å². The van der Waals surface area contributed by atoms with Crippen molar-refractivity contribution >= 4 is 5.91 Å². The van der Waals surface area contributed by atoms with E-state index in [-0.39, 0.29) is 5.92 Å². The highest BCUT2D eigenvalue weighted by Gasteiger charge is 2.28. The molecule has 2 aromatic rings. The van der Waals surface area contributed by atoms with Crippen LogP contribution in [0.5, 0.6) is 0 Å². The van der Waals surface area contributed by atoms with Gasteiger partial charge >= 0.3 is 0 Å².